The van der Waals surface area contributed by atoms with Gasteiger partial charge in [0.05, 0.1) is 6.61 Å². The largest absolute Gasteiger partial charge is 0.488 e. The molecule has 0 unspecified atom stereocenters. The Morgan fingerprint density at radius 1 is 1.42 bits per heavy atom. The quantitative estimate of drug-likeness (QED) is 0.781. The first kappa shape index (κ1) is 18.5. The first-order valence-corrected chi connectivity index (χ1v) is 8.15. The molecule has 1 aromatic rings. The summed E-state index contributed by atoms with van der Waals surface area (Å²) in [6, 6.07) is 4.12. The Bertz CT molecular complexity index is 555. The lowest BCUT2D eigenvalue weighted by Crippen LogP contribution is -2.48. The normalized spacial score (nSPS) is 20.8. The molecule has 2 atom stereocenters. The third-order valence-electron chi connectivity index (χ3n) is 4.23. The van der Waals surface area contributed by atoms with Gasteiger partial charge in [0.15, 0.2) is 11.6 Å². The van der Waals surface area contributed by atoms with Gasteiger partial charge < -0.3 is 24.8 Å². The van der Waals surface area contributed by atoms with Gasteiger partial charge in [-0.25, -0.2) is 9.18 Å². The molecule has 1 heterocycles. The van der Waals surface area contributed by atoms with Crippen molar-refractivity contribution >= 4 is 11.7 Å². The molecule has 1 fully saturated rings. The Hall–Kier alpha value is -1.86. The number of hydrogen-bond donors (Lipinski definition) is 2. The van der Waals surface area contributed by atoms with Crippen LogP contribution in [0, 0.1) is 11.7 Å². The Morgan fingerprint density at radius 3 is 2.88 bits per heavy atom. The number of carbonyl (C=O) groups excluding carboxylic acids is 1. The number of hydrogen-bond acceptors (Lipinski definition) is 4. The molecule has 2 amide bonds. The zero-order chi connectivity index (χ0) is 17.5. The highest BCUT2D eigenvalue weighted by molar-refractivity contribution is 5.89. The van der Waals surface area contributed by atoms with E-state index in [4.69, 9.17) is 9.47 Å². The SMILES string of the molecule is COCCOc1ccc(NC(=O)N2C[C@H](CO)CC[C@H]2C)cc1F. The van der Waals surface area contributed by atoms with Crippen molar-refractivity contribution in [1.82, 2.24) is 4.90 Å². The number of aliphatic hydroxyl groups is 1. The number of nitrogens with zero attached hydrogens (tertiary/aromatic N) is 1. The summed E-state index contributed by atoms with van der Waals surface area (Å²) < 4.78 is 24.1. The summed E-state index contributed by atoms with van der Waals surface area (Å²) in [7, 11) is 1.54. The van der Waals surface area contributed by atoms with E-state index >= 15 is 0 Å². The fourth-order valence-corrected chi connectivity index (χ4v) is 2.74. The van der Waals surface area contributed by atoms with Crippen molar-refractivity contribution in [2.24, 2.45) is 5.92 Å². The van der Waals surface area contributed by atoms with E-state index < -0.39 is 5.82 Å². The Labute approximate surface area is 141 Å². The lowest BCUT2D eigenvalue weighted by Gasteiger charge is -2.37. The van der Waals surface area contributed by atoms with E-state index in [0.29, 0.717) is 18.8 Å². The third-order valence-corrected chi connectivity index (χ3v) is 4.23. The molecule has 2 rings (SSSR count). The number of ether oxygens (including phenoxy) is 2. The molecule has 0 spiro atoms. The first-order valence-electron chi connectivity index (χ1n) is 8.15. The highest BCUT2D eigenvalue weighted by Gasteiger charge is 2.28. The summed E-state index contributed by atoms with van der Waals surface area (Å²) in [4.78, 5) is 14.1. The second-order valence-corrected chi connectivity index (χ2v) is 6.04. The number of halogens is 1. The van der Waals surface area contributed by atoms with Crippen LogP contribution in [0.4, 0.5) is 14.9 Å². The van der Waals surface area contributed by atoms with Crippen molar-refractivity contribution in [3.63, 3.8) is 0 Å². The number of anilines is 1. The van der Waals surface area contributed by atoms with Gasteiger partial charge in [-0.2, -0.15) is 0 Å². The number of benzene rings is 1. The van der Waals surface area contributed by atoms with Crippen LogP contribution in [-0.4, -0.2) is 55.6 Å². The zero-order valence-corrected chi connectivity index (χ0v) is 14.1. The van der Waals surface area contributed by atoms with Crippen LogP contribution in [0.3, 0.4) is 0 Å². The molecule has 1 aromatic carbocycles. The van der Waals surface area contributed by atoms with Crippen LogP contribution in [-0.2, 0) is 4.74 Å². The molecule has 134 valence electrons. The van der Waals surface area contributed by atoms with Gasteiger partial charge in [0.2, 0.25) is 0 Å². The van der Waals surface area contributed by atoms with Crippen LogP contribution < -0.4 is 10.1 Å². The maximum absolute atomic E-state index is 14.0. The average Bonchev–Trinajstić information content (AvgIpc) is 2.57. The summed E-state index contributed by atoms with van der Waals surface area (Å²) >= 11 is 0. The highest BCUT2D eigenvalue weighted by Crippen LogP contribution is 2.24. The zero-order valence-electron chi connectivity index (χ0n) is 14.1. The fraction of sp³-hybridized carbons (Fsp3) is 0.588. The molecule has 0 radical (unpaired) electrons. The second kappa shape index (κ2) is 8.84. The van der Waals surface area contributed by atoms with E-state index in [2.05, 4.69) is 5.32 Å². The van der Waals surface area contributed by atoms with Crippen molar-refractivity contribution in [3.05, 3.63) is 24.0 Å². The van der Waals surface area contributed by atoms with Crippen LogP contribution >= 0.6 is 0 Å². The van der Waals surface area contributed by atoms with Gasteiger partial charge >= 0.3 is 6.03 Å². The van der Waals surface area contributed by atoms with Crippen LogP contribution in [0.15, 0.2) is 18.2 Å². The molecule has 1 aliphatic heterocycles. The molecule has 0 bridgehead atoms. The van der Waals surface area contributed by atoms with Gasteiger partial charge in [0.1, 0.15) is 6.61 Å². The van der Waals surface area contributed by atoms with Crippen LogP contribution in [0.2, 0.25) is 0 Å². The Morgan fingerprint density at radius 2 is 2.21 bits per heavy atom. The molecule has 0 saturated carbocycles. The van der Waals surface area contributed by atoms with E-state index in [1.54, 1.807) is 18.1 Å². The summed E-state index contributed by atoms with van der Waals surface area (Å²) in [5.74, 6) is -0.319. The predicted molar refractivity (Wildman–Crippen MR) is 88.8 cm³/mol. The molecule has 6 nitrogen and oxygen atoms in total. The average molecular weight is 340 g/mol. The fourth-order valence-electron chi connectivity index (χ4n) is 2.74. The molecule has 2 N–H and O–H groups in total. The number of likely N-dealkylation sites (tertiary alicyclic amines) is 1. The van der Waals surface area contributed by atoms with E-state index in [1.165, 1.54) is 12.1 Å². The minimum atomic E-state index is -0.538. The van der Waals surface area contributed by atoms with Crippen molar-refractivity contribution in [2.75, 3.05) is 38.8 Å². The number of aliphatic hydroxyl groups excluding tert-OH is 1. The van der Waals surface area contributed by atoms with Gasteiger partial charge in [0, 0.05) is 38.1 Å². The van der Waals surface area contributed by atoms with E-state index in [1.807, 2.05) is 6.92 Å². The third kappa shape index (κ3) is 4.82. The molecular weight excluding hydrogens is 315 g/mol. The monoisotopic (exact) mass is 340 g/mol. The first-order chi connectivity index (χ1) is 11.5. The topological polar surface area (TPSA) is 71.0 Å². The Kier molecular flexibility index (Phi) is 6.81. The van der Waals surface area contributed by atoms with Crippen molar-refractivity contribution in [1.29, 1.82) is 0 Å². The number of amides is 2. The predicted octanol–water partition coefficient (Wildman–Crippen LogP) is 2.48. The van der Waals surface area contributed by atoms with Crippen molar-refractivity contribution in [3.8, 4) is 5.75 Å². The number of rotatable bonds is 6. The van der Waals surface area contributed by atoms with Crippen molar-refractivity contribution < 1.29 is 23.8 Å². The van der Waals surface area contributed by atoms with E-state index in [-0.39, 0.29) is 37.0 Å². The molecule has 0 aliphatic carbocycles. The minimum absolute atomic E-state index is 0.0681. The number of methoxy groups -OCH3 is 1. The second-order valence-electron chi connectivity index (χ2n) is 6.04. The Balaban J connectivity index is 1.97. The maximum atomic E-state index is 14.0. The molecule has 0 aromatic heterocycles. The molecule has 24 heavy (non-hydrogen) atoms. The van der Waals surface area contributed by atoms with E-state index in [9.17, 15) is 14.3 Å². The summed E-state index contributed by atoms with van der Waals surface area (Å²) in [6.07, 6.45) is 1.75. The van der Waals surface area contributed by atoms with E-state index in [0.717, 1.165) is 12.8 Å². The molecule has 7 heteroatoms. The van der Waals surface area contributed by atoms with Gasteiger partial charge in [-0.3, -0.25) is 0 Å². The number of carbonyl (C=O) groups is 1. The van der Waals surface area contributed by atoms with Crippen molar-refractivity contribution in [2.45, 2.75) is 25.8 Å². The molecule has 1 aliphatic rings. The van der Waals surface area contributed by atoms with Gasteiger partial charge in [-0.15, -0.1) is 0 Å². The summed E-state index contributed by atoms with van der Waals surface area (Å²) in [5.41, 5.74) is 0.370. The van der Waals surface area contributed by atoms with Crippen LogP contribution in [0.25, 0.3) is 0 Å². The summed E-state index contributed by atoms with van der Waals surface area (Å²) in [5, 5.41) is 12.0. The maximum Gasteiger partial charge on any atom is 0.322 e. The molecular formula is C17H25FN2O4. The standard InChI is InChI=1S/C17H25FN2O4/c1-12-3-4-13(11-21)10-20(12)17(22)19-14-5-6-16(15(18)9-14)24-8-7-23-2/h5-6,9,12-13,21H,3-4,7-8,10-11H2,1-2H3,(H,19,22)/t12-,13-/m1/s1. The number of piperidine rings is 1. The highest BCUT2D eigenvalue weighted by atomic mass is 19.1. The lowest BCUT2D eigenvalue weighted by molar-refractivity contribution is 0.107. The number of urea groups is 1. The minimum Gasteiger partial charge on any atom is -0.488 e. The molecule has 1 saturated heterocycles. The summed E-state index contributed by atoms with van der Waals surface area (Å²) in [6.45, 7) is 3.17. The number of nitrogens with one attached hydrogen (secondary N) is 1. The lowest BCUT2D eigenvalue weighted by atomic mass is 9.94. The van der Waals surface area contributed by atoms with Gasteiger partial charge in [-0.1, -0.05) is 0 Å². The van der Waals surface area contributed by atoms with Gasteiger partial charge in [0.25, 0.3) is 0 Å². The van der Waals surface area contributed by atoms with Gasteiger partial charge in [-0.05, 0) is 37.8 Å². The van der Waals surface area contributed by atoms with Crippen LogP contribution in [0.1, 0.15) is 19.8 Å². The van der Waals surface area contributed by atoms with Crippen LogP contribution in [0.5, 0.6) is 5.75 Å². The smallest absolute Gasteiger partial charge is 0.322 e.